The molecule has 2 heterocycles. The summed E-state index contributed by atoms with van der Waals surface area (Å²) in [4.78, 5) is 16.9. The predicted molar refractivity (Wildman–Crippen MR) is 115 cm³/mol. The Morgan fingerprint density at radius 3 is 2.28 bits per heavy atom. The van der Waals surface area contributed by atoms with E-state index in [4.69, 9.17) is 0 Å². The van der Waals surface area contributed by atoms with Crippen molar-refractivity contribution in [3.8, 4) is 11.4 Å². The molecule has 0 saturated carbocycles. The normalized spacial score (nSPS) is 11.9. The van der Waals surface area contributed by atoms with E-state index < -0.39 is 0 Å². The molecule has 0 radical (unpaired) electrons. The zero-order valence-corrected chi connectivity index (χ0v) is 16.8. The minimum atomic E-state index is -0.276. The lowest BCUT2D eigenvalue weighted by atomic mass is 10.1. The van der Waals surface area contributed by atoms with Crippen LogP contribution in [-0.4, -0.2) is 30.8 Å². The van der Waals surface area contributed by atoms with Crippen LogP contribution in [-0.2, 0) is 6.54 Å². The van der Waals surface area contributed by atoms with E-state index in [0.717, 1.165) is 22.1 Å². The third kappa shape index (κ3) is 4.43. The lowest BCUT2D eigenvalue weighted by Gasteiger charge is -2.13. The zero-order valence-electron chi connectivity index (χ0n) is 16.0. The summed E-state index contributed by atoms with van der Waals surface area (Å²) >= 11 is 1.43. The highest BCUT2D eigenvalue weighted by atomic mass is 32.2. The van der Waals surface area contributed by atoms with E-state index in [1.165, 1.54) is 11.8 Å². The quantitative estimate of drug-likeness (QED) is 0.331. The molecule has 4 rings (SSSR count). The molecule has 0 fully saturated rings. The van der Waals surface area contributed by atoms with Gasteiger partial charge in [0, 0.05) is 23.5 Å². The summed E-state index contributed by atoms with van der Waals surface area (Å²) in [5.74, 6) is 0.841. The molecule has 0 aliphatic carbocycles. The van der Waals surface area contributed by atoms with Crippen LogP contribution in [0.1, 0.15) is 22.8 Å². The molecule has 144 valence electrons. The summed E-state index contributed by atoms with van der Waals surface area (Å²) in [7, 11) is 0. The number of hydrogen-bond acceptors (Lipinski definition) is 5. The predicted octanol–water partition coefficient (Wildman–Crippen LogP) is 4.75. The van der Waals surface area contributed by atoms with Gasteiger partial charge in [-0.15, -0.1) is 10.2 Å². The number of rotatable bonds is 7. The lowest BCUT2D eigenvalue weighted by Crippen LogP contribution is -2.15. The van der Waals surface area contributed by atoms with Crippen LogP contribution in [0, 0.1) is 0 Å². The van der Waals surface area contributed by atoms with Gasteiger partial charge in [-0.25, -0.2) is 0 Å². The molecule has 5 nitrogen and oxygen atoms in total. The number of carbonyl (C=O) groups excluding carboxylic acids is 1. The van der Waals surface area contributed by atoms with E-state index in [1.807, 2.05) is 67.6 Å². The van der Waals surface area contributed by atoms with E-state index in [-0.39, 0.29) is 11.0 Å². The first-order valence-corrected chi connectivity index (χ1v) is 10.2. The van der Waals surface area contributed by atoms with Gasteiger partial charge in [0.15, 0.2) is 16.8 Å². The highest BCUT2D eigenvalue weighted by Crippen LogP contribution is 2.29. The largest absolute Gasteiger partial charge is 0.298 e. The monoisotopic (exact) mass is 400 g/mol. The first-order chi connectivity index (χ1) is 14.2. The smallest absolute Gasteiger partial charge is 0.192 e. The van der Waals surface area contributed by atoms with Crippen molar-refractivity contribution >= 4 is 17.5 Å². The highest BCUT2D eigenvalue weighted by molar-refractivity contribution is 8.00. The van der Waals surface area contributed by atoms with Gasteiger partial charge in [0.2, 0.25) is 0 Å². The first kappa shape index (κ1) is 19.1. The summed E-state index contributed by atoms with van der Waals surface area (Å²) in [6, 6.07) is 23.4. The van der Waals surface area contributed by atoms with Gasteiger partial charge >= 0.3 is 0 Å². The average molecular weight is 401 g/mol. The summed E-state index contributed by atoms with van der Waals surface area (Å²) in [5, 5.41) is 9.27. The number of carbonyl (C=O) groups is 1. The maximum absolute atomic E-state index is 12.8. The number of ketones is 1. The Hall–Kier alpha value is -3.25. The molecule has 2 aromatic carbocycles. The first-order valence-electron chi connectivity index (χ1n) is 9.36. The third-order valence-corrected chi connectivity index (χ3v) is 5.63. The van der Waals surface area contributed by atoms with Crippen molar-refractivity contribution in [2.45, 2.75) is 23.9 Å². The average Bonchev–Trinajstić information content (AvgIpc) is 3.17. The SMILES string of the molecule is CC(Sc1nnc(-c2ccncc2)n1Cc1ccccc1)C(=O)c1ccccc1. The maximum atomic E-state index is 12.8. The van der Waals surface area contributed by atoms with Gasteiger partial charge in [0.05, 0.1) is 11.8 Å². The molecule has 4 aromatic rings. The third-order valence-electron chi connectivity index (χ3n) is 4.55. The standard InChI is InChI=1S/C23H20N4OS/c1-17(21(28)19-10-6-3-7-11-19)29-23-26-25-22(20-12-14-24-15-13-20)27(23)16-18-8-4-2-5-9-18/h2-15,17H,16H2,1H3. The number of nitrogens with zero attached hydrogens (tertiary/aromatic N) is 4. The Morgan fingerprint density at radius 1 is 0.931 bits per heavy atom. The van der Waals surface area contributed by atoms with Crippen LogP contribution in [0.15, 0.2) is 90.3 Å². The van der Waals surface area contributed by atoms with Gasteiger partial charge in [-0.05, 0) is 24.6 Å². The Bertz CT molecular complexity index is 1080. The van der Waals surface area contributed by atoms with Crippen LogP contribution >= 0.6 is 11.8 Å². The van der Waals surface area contributed by atoms with Crippen LogP contribution in [0.2, 0.25) is 0 Å². The van der Waals surface area contributed by atoms with Gasteiger partial charge in [-0.3, -0.25) is 14.3 Å². The second kappa shape index (κ2) is 8.84. The van der Waals surface area contributed by atoms with Gasteiger partial charge in [0.25, 0.3) is 0 Å². The van der Waals surface area contributed by atoms with Crippen LogP contribution < -0.4 is 0 Å². The topological polar surface area (TPSA) is 60.7 Å². The van der Waals surface area contributed by atoms with Crippen molar-refractivity contribution in [2.24, 2.45) is 0 Å². The van der Waals surface area contributed by atoms with E-state index in [0.29, 0.717) is 12.1 Å². The van der Waals surface area contributed by atoms with Gasteiger partial charge in [0.1, 0.15) is 0 Å². The van der Waals surface area contributed by atoms with Crippen molar-refractivity contribution in [1.82, 2.24) is 19.7 Å². The fourth-order valence-electron chi connectivity index (χ4n) is 3.05. The fourth-order valence-corrected chi connectivity index (χ4v) is 3.97. The van der Waals surface area contributed by atoms with Crippen LogP contribution in [0.25, 0.3) is 11.4 Å². The molecule has 0 aliphatic heterocycles. The molecule has 0 aliphatic rings. The van der Waals surface area contributed by atoms with Crippen LogP contribution in [0.4, 0.5) is 0 Å². The summed E-state index contributed by atoms with van der Waals surface area (Å²) in [6.45, 7) is 2.54. The summed E-state index contributed by atoms with van der Waals surface area (Å²) < 4.78 is 2.06. The number of benzene rings is 2. The second-order valence-electron chi connectivity index (χ2n) is 6.60. The van der Waals surface area contributed by atoms with Crippen LogP contribution in [0.5, 0.6) is 0 Å². The number of aromatic nitrogens is 4. The highest BCUT2D eigenvalue weighted by Gasteiger charge is 2.22. The molecule has 0 bridgehead atoms. The van der Waals surface area contributed by atoms with Crippen molar-refractivity contribution < 1.29 is 4.79 Å². The Labute approximate surface area is 173 Å². The van der Waals surface area contributed by atoms with Gasteiger partial charge in [-0.2, -0.15) is 0 Å². The Kier molecular flexibility index (Phi) is 5.81. The van der Waals surface area contributed by atoms with E-state index in [9.17, 15) is 4.79 Å². The van der Waals surface area contributed by atoms with Gasteiger partial charge in [-0.1, -0.05) is 72.4 Å². The second-order valence-corrected chi connectivity index (χ2v) is 7.91. The minimum absolute atomic E-state index is 0.0790. The van der Waals surface area contributed by atoms with Gasteiger partial charge < -0.3 is 0 Å². The minimum Gasteiger partial charge on any atom is -0.298 e. The van der Waals surface area contributed by atoms with Crippen LogP contribution in [0.3, 0.4) is 0 Å². The van der Waals surface area contributed by atoms with E-state index in [1.54, 1.807) is 12.4 Å². The molecule has 0 spiro atoms. The molecule has 0 amide bonds. The fraction of sp³-hybridized carbons (Fsp3) is 0.130. The van der Waals surface area contributed by atoms with Crippen molar-refractivity contribution in [1.29, 1.82) is 0 Å². The van der Waals surface area contributed by atoms with Crippen molar-refractivity contribution in [3.63, 3.8) is 0 Å². The molecular formula is C23H20N4OS. The molecule has 6 heteroatoms. The summed E-state index contributed by atoms with van der Waals surface area (Å²) in [6.07, 6.45) is 3.48. The summed E-state index contributed by atoms with van der Waals surface area (Å²) in [5.41, 5.74) is 2.79. The molecule has 1 atom stereocenters. The maximum Gasteiger partial charge on any atom is 0.192 e. The van der Waals surface area contributed by atoms with E-state index >= 15 is 0 Å². The van der Waals surface area contributed by atoms with Crippen molar-refractivity contribution in [2.75, 3.05) is 0 Å². The zero-order chi connectivity index (χ0) is 20.1. The van der Waals surface area contributed by atoms with Crippen molar-refractivity contribution in [3.05, 3.63) is 96.3 Å². The molecule has 1 unspecified atom stereocenters. The van der Waals surface area contributed by atoms with E-state index in [2.05, 4.69) is 31.9 Å². The number of Topliss-reactive ketones (excluding diaryl/α,β-unsaturated/α-hetero) is 1. The Morgan fingerprint density at radius 2 is 1.59 bits per heavy atom. The number of hydrogen-bond donors (Lipinski definition) is 0. The molecule has 0 saturated heterocycles. The lowest BCUT2D eigenvalue weighted by molar-refractivity contribution is 0.0994. The number of pyridine rings is 1. The molecule has 0 N–H and O–H groups in total. The Balaban J connectivity index is 1.66. The molecular weight excluding hydrogens is 380 g/mol. The number of thioether (sulfide) groups is 1. The molecule has 2 aromatic heterocycles. The molecule has 29 heavy (non-hydrogen) atoms.